The molecule has 0 aromatic rings. The van der Waals surface area contributed by atoms with Gasteiger partial charge in [0.05, 0.1) is 12.5 Å². The number of ether oxygens (including phenoxy) is 2. The Morgan fingerprint density at radius 1 is 1.35 bits per heavy atom. The molecule has 0 unspecified atom stereocenters. The lowest BCUT2D eigenvalue weighted by molar-refractivity contribution is -0.149. The molecular formula is C12H20O4S. The topological polar surface area (TPSA) is 52.6 Å². The van der Waals surface area contributed by atoms with Gasteiger partial charge in [-0.1, -0.05) is 6.58 Å². The molecule has 0 heterocycles. The van der Waals surface area contributed by atoms with Crippen LogP contribution in [0.2, 0.25) is 0 Å². The lowest BCUT2D eigenvalue weighted by Gasteiger charge is -2.20. The molecule has 0 saturated heterocycles. The van der Waals surface area contributed by atoms with Gasteiger partial charge in [-0.15, -0.1) is 0 Å². The summed E-state index contributed by atoms with van der Waals surface area (Å²) < 4.78 is 9.62. The smallest absolute Gasteiger partial charge is 0.333 e. The molecule has 0 aliphatic rings. The minimum atomic E-state index is -0.516. The Morgan fingerprint density at radius 3 is 2.41 bits per heavy atom. The second-order valence-electron chi connectivity index (χ2n) is 4.34. The summed E-state index contributed by atoms with van der Waals surface area (Å²) in [4.78, 5) is 22.4. The number of esters is 2. The molecule has 5 heteroatoms. The van der Waals surface area contributed by atoms with Gasteiger partial charge in [0.2, 0.25) is 0 Å². The average Bonchev–Trinajstić information content (AvgIpc) is 2.26. The molecule has 0 aromatic carbocycles. The van der Waals surface area contributed by atoms with Crippen LogP contribution in [0.5, 0.6) is 0 Å². The molecular weight excluding hydrogens is 240 g/mol. The first-order valence-corrected chi connectivity index (χ1v) is 6.45. The fourth-order valence-corrected chi connectivity index (χ4v) is 1.95. The van der Waals surface area contributed by atoms with Crippen LogP contribution >= 0.6 is 11.8 Å². The van der Waals surface area contributed by atoms with Gasteiger partial charge in [0.1, 0.15) is 6.61 Å². The first-order chi connectivity index (χ1) is 7.81. The Morgan fingerprint density at radius 2 is 1.94 bits per heavy atom. The summed E-state index contributed by atoms with van der Waals surface area (Å²) in [5.74, 6) is 0.672. The Balaban J connectivity index is 3.75. The standard InChI is InChI=1S/C12H20O4S/c1-9(2)10(13)16-6-7-17-8-12(3,4)11(14)15-5/h1,6-8H2,2-5H3. The molecule has 0 aliphatic heterocycles. The molecule has 0 rings (SSSR count). The van der Waals surface area contributed by atoms with Crippen molar-refractivity contribution in [3.8, 4) is 0 Å². The van der Waals surface area contributed by atoms with Crippen LogP contribution in [0.25, 0.3) is 0 Å². The van der Waals surface area contributed by atoms with Gasteiger partial charge in [0.25, 0.3) is 0 Å². The first kappa shape index (κ1) is 16.0. The van der Waals surface area contributed by atoms with Crippen molar-refractivity contribution in [2.75, 3.05) is 25.2 Å². The Kier molecular flexibility index (Phi) is 6.95. The molecule has 0 spiro atoms. The van der Waals surface area contributed by atoms with Crippen LogP contribution in [0.3, 0.4) is 0 Å². The number of hydrogen-bond acceptors (Lipinski definition) is 5. The molecule has 0 radical (unpaired) electrons. The summed E-state index contributed by atoms with van der Waals surface area (Å²) in [6.45, 7) is 9.07. The van der Waals surface area contributed by atoms with Gasteiger partial charge in [-0.3, -0.25) is 4.79 Å². The third-order valence-electron chi connectivity index (χ3n) is 2.01. The van der Waals surface area contributed by atoms with E-state index in [1.54, 1.807) is 18.7 Å². The van der Waals surface area contributed by atoms with Gasteiger partial charge in [0.15, 0.2) is 0 Å². The Hall–Kier alpha value is -0.970. The second kappa shape index (κ2) is 7.37. The predicted octanol–water partition coefficient (Wildman–Crippen LogP) is 2.04. The zero-order chi connectivity index (χ0) is 13.5. The van der Waals surface area contributed by atoms with Crippen molar-refractivity contribution in [1.29, 1.82) is 0 Å². The summed E-state index contributed by atoms with van der Waals surface area (Å²) in [5, 5.41) is 0. The van der Waals surface area contributed by atoms with Crippen LogP contribution in [0.15, 0.2) is 12.2 Å². The maximum absolute atomic E-state index is 11.4. The molecule has 0 amide bonds. The molecule has 4 nitrogen and oxygen atoms in total. The van der Waals surface area contributed by atoms with Crippen LogP contribution in [-0.2, 0) is 19.1 Å². The minimum absolute atomic E-state index is 0.232. The summed E-state index contributed by atoms with van der Waals surface area (Å²) in [6, 6.07) is 0. The number of methoxy groups -OCH3 is 1. The number of thioether (sulfide) groups is 1. The van der Waals surface area contributed by atoms with E-state index < -0.39 is 5.41 Å². The van der Waals surface area contributed by atoms with Crippen molar-refractivity contribution in [3.05, 3.63) is 12.2 Å². The van der Waals surface area contributed by atoms with Crippen molar-refractivity contribution in [3.63, 3.8) is 0 Å². The highest BCUT2D eigenvalue weighted by Gasteiger charge is 2.28. The molecule has 0 N–H and O–H groups in total. The maximum Gasteiger partial charge on any atom is 0.333 e. The summed E-state index contributed by atoms with van der Waals surface area (Å²) in [7, 11) is 1.38. The summed E-state index contributed by atoms with van der Waals surface area (Å²) in [6.07, 6.45) is 0. The van der Waals surface area contributed by atoms with Crippen molar-refractivity contribution in [1.82, 2.24) is 0 Å². The molecule has 0 saturated carbocycles. The fourth-order valence-electron chi connectivity index (χ4n) is 0.979. The highest BCUT2D eigenvalue weighted by molar-refractivity contribution is 7.99. The average molecular weight is 260 g/mol. The predicted molar refractivity (Wildman–Crippen MR) is 68.9 cm³/mol. The number of rotatable bonds is 7. The van der Waals surface area contributed by atoms with Crippen LogP contribution < -0.4 is 0 Å². The maximum atomic E-state index is 11.4. The van der Waals surface area contributed by atoms with Gasteiger partial charge in [-0.25, -0.2) is 4.79 Å². The molecule has 0 aliphatic carbocycles. The number of carbonyl (C=O) groups excluding carboxylic acids is 2. The Bertz CT molecular complexity index is 297. The second-order valence-corrected chi connectivity index (χ2v) is 5.45. The lowest BCUT2D eigenvalue weighted by atomic mass is 9.97. The zero-order valence-electron chi connectivity index (χ0n) is 10.9. The van der Waals surface area contributed by atoms with E-state index in [0.29, 0.717) is 23.7 Å². The SMILES string of the molecule is C=C(C)C(=O)OCCSCC(C)(C)C(=O)OC. The number of carbonyl (C=O) groups is 2. The van der Waals surface area contributed by atoms with E-state index in [-0.39, 0.29) is 11.9 Å². The van der Waals surface area contributed by atoms with Crippen LogP contribution in [0.4, 0.5) is 0 Å². The van der Waals surface area contributed by atoms with E-state index in [2.05, 4.69) is 6.58 Å². The van der Waals surface area contributed by atoms with Crippen LogP contribution in [-0.4, -0.2) is 37.2 Å². The zero-order valence-corrected chi connectivity index (χ0v) is 11.7. The van der Waals surface area contributed by atoms with Crippen molar-refractivity contribution in [2.24, 2.45) is 5.41 Å². The van der Waals surface area contributed by atoms with Gasteiger partial charge >= 0.3 is 11.9 Å². The highest BCUT2D eigenvalue weighted by atomic mass is 32.2. The van der Waals surface area contributed by atoms with E-state index in [1.165, 1.54) is 7.11 Å². The Labute approximate surface area is 107 Å². The third kappa shape index (κ3) is 6.36. The van der Waals surface area contributed by atoms with Gasteiger partial charge in [-0.05, 0) is 20.8 Å². The first-order valence-electron chi connectivity index (χ1n) is 5.30. The largest absolute Gasteiger partial charge is 0.469 e. The van der Waals surface area contributed by atoms with Crippen molar-refractivity contribution < 1.29 is 19.1 Å². The quantitative estimate of drug-likeness (QED) is 0.398. The number of hydrogen-bond donors (Lipinski definition) is 0. The van der Waals surface area contributed by atoms with Gasteiger partial charge in [0, 0.05) is 17.1 Å². The monoisotopic (exact) mass is 260 g/mol. The van der Waals surface area contributed by atoms with Crippen molar-refractivity contribution >= 4 is 23.7 Å². The van der Waals surface area contributed by atoms with E-state index in [9.17, 15) is 9.59 Å². The molecule has 98 valence electrons. The lowest BCUT2D eigenvalue weighted by Crippen LogP contribution is -2.28. The third-order valence-corrected chi connectivity index (χ3v) is 3.39. The van der Waals surface area contributed by atoms with E-state index >= 15 is 0 Å². The molecule has 0 fully saturated rings. The molecule has 0 atom stereocenters. The summed E-state index contributed by atoms with van der Waals surface area (Å²) >= 11 is 1.55. The summed E-state index contributed by atoms with van der Waals surface area (Å²) in [5.41, 5.74) is -0.123. The molecule has 17 heavy (non-hydrogen) atoms. The van der Waals surface area contributed by atoms with Crippen LogP contribution in [0, 0.1) is 5.41 Å². The van der Waals surface area contributed by atoms with Gasteiger partial charge in [-0.2, -0.15) is 11.8 Å². The van der Waals surface area contributed by atoms with E-state index in [1.807, 2.05) is 13.8 Å². The fraction of sp³-hybridized carbons (Fsp3) is 0.667. The van der Waals surface area contributed by atoms with Crippen molar-refractivity contribution in [2.45, 2.75) is 20.8 Å². The molecule has 0 aromatic heterocycles. The van der Waals surface area contributed by atoms with E-state index in [0.717, 1.165) is 0 Å². The van der Waals surface area contributed by atoms with Crippen LogP contribution in [0.1, 0.15) is 20.8 Å². The minimum Gasteiger partial charge on any atom is -0.469 e. The molecule has 0 bridgehead atoms. The normalized spacial score (nSPS) is 10.8. The highest BCUT2D eigenvalue weighted by Crippen LogP contribution is 2.23. The van der Waals surface area contributed by atoms with E-state index in [4.69, 9.17) is 9.47 Å². The van der Waals surface area contributed by atoms with Gasteiger partial charge < -0.3 is 9.47 Å².